The first kappa shape index (κ1) is 19.1. The summed E-state index contributed by atoms with van der Waals surface area (Å²) in [5.41, 5.74) is -1.33. The number of aliphatic hydroxyl groups excluding tert-OH is 1. The molecule has 8 heteroatoms. The van der Waals surface area contributed by atoms with Crippen molar-refractivity contribution in [3.8, 4) is 0 Å². The molecule has 0 aliphatic rings. The van der Waals surface area contributed by atoms with Crippen molar-refractivity contribution in [2.75, 3.05) is 26.4 Å². The van der Waals surface area contributed by atoms with Gasteiger partial charge in [-0.15, -0.1) is 0 Å². The van der Waals surface area contributed by atoms with Crippen molar-refractivity contribution in [1.29, 1.82) is 0 Å². The molecule has 0 saturated carbocycles. The van der Waals surface area contributed by atoms with Gasteiger partial charge in [-0.3, -0.25) is 0 Å². The van der Waals surface area contributed by atoms with Gasteiger partial charge in [0, 0.05) is 13.2 Å². The molecule has 0 heterocycles. The van der Waals surface area contributed by atoms with Gasteiger partial charge in [-0.2, -0.15) is 0 Å². The average Bonchev–Trinajstić information content (AvgIpc) is 2.14. The Morgan fingerprint density at radius 1 is 1.25 bits per heavy atom. The molecule has 1 N–H and O–H groups in total. The Morgan fingerprint density at radius 3 is 2.38 bits per heavy atom. The van der Waals surface area contributed by atoms with E-state index < -0.39 is 15.6 Å². The van der Waals surface area contributed by atoms with Crippen LogP contribution in [0.15, 0.2) is 0 Å². The van der Waals surface area contributed by atoms with Crippen LogP contribution in [0.1, 0.15) is 19.8 Å². The SMILES string of the molecule is CC(OCCOCCCCO)S(=O)(=O)[O-].[Na+]. The van der Waals surface area contributed by atoms with Gasteiger partial charge >= 0.3 is 29.6 Å². The fourth-order valence-corrected chi connectivity index (χ4v) is 1.04. The second-order valence-electron chi connectivity index (χ2n) is 2.97. The Kier molecular flexibility index (Phi) is 13.1. The summed E-state index contributed by atoms with van der Waals surface area (Å²) in [5.74, 6) is 0. The number of hydrogen-bond acceptors (Lipinski definition) is 6. The van der Waals surface area contributed by atoms with Gasteiger partial charge in [-0.1, -0.05) is 0 Å². The van der Waals surface area contributed by atoms with E-state index in [2.05, 4.69) is 0 Å². The van der Waals surface area contributed by atoms with Crippen LogP contribution in [0.5, 0.6) is 0 Å². The molecule has 16 heavy (non-hydrogen) atoms. The van der Waals surface area contributed by atoms with Crippen LogP contribution in [-0.4, -0.2) is 49.9 Å². The van der Waals surface area contributed by atoms with Gasteiger partial charge in [0.15, 0.2) is 0 Å². The van der Waals surface area contributed by atoms with E-state index in [4.69, 9.17) is 14.6 Å². The van der Waals surface area contributed by atoms with E-state index in [0.717, 1.165) is 6.42 Å². The molecule has 0 aromatic heterocycles. The standard InChI is InChI=1S/C8H18O6S.Na/c1-8(15(10,11)12)14-7-6-13-5-3-2-4-9;/h8-9H,2-7H2,1H3,(H,10,11,12);/q;+1/p-1. The van der Waals surface area contributed by atoms with Crippen LogP contribution in [0.4, 0.5) is 0 Å². The second kappa shape index (κ2) is 10.9. The van der Waals surface area contributed by atoms with Crippen LogP contribution in [0.2, 0.25) is 0 Å². The zero-order valence-electron chi connectivity index (χ0n) is 9.72. The molecular formula is C8H17NaO6S. The van der Waals surface area contributed by atoms with Gasteiger partial charge in [0.1, 0.15) is 15.6 Å². The summed E-state index contributed by atoms with van der Waals surface area (Å²) in [4.78, 5) is 0. The molecule has 0 bridgehead atoms. The molecule has 1 atom stereocenters. The van der Waals surface area contributed by atoms with Crippen molar-refractivity contribution >= 4 is 10.1 Å². The van der Waals surface area contributed by atoms with Gasteiger partial charge in [-0.05, 0) is 19.8 Å². The van der Waals surface area contributed by atoms with Crippen molar-refractivity contribution in [3.05, 3.63) is 0 Å². The van der Waals surface area contributed by atoms with Crippen LogP contribution in [0.25, 0.3) is 0 Å². The predicted octanol–water partition coefficient (Wildman–Crippen LogP) is -3.31. The van der Waals surface area contributed by atoms with E-state index in [1.807, 2.05) is 0 Å². The summed E-state index contributed by atoms with van der Waals surface area (Å²) in [5, 5.41) is 8.45. The van der Waals surface area contributed by atoms with E-state index in [1.54, 1.807) is 0 Å². The van der Waals surface area contributed by atoms with E-state index in [1.165, 1.54) is 6.92 Å². The molecule has 0 aromatic carbocycles. The molecule has 0 fully saturated rings. The number of ether oxygens (including phenoxy) is 2. The minimum atomic E-state index is -4.37. The maximum atomic E-state index is 10.4. The van der Waals surface area contributed by atoms with Crippen molar-refractivity contribution in [2.45, 2.75) is 25.2 Å². The molecule has 0 rings (SSSR count). The van der Waals surface area contributed by atoms with Gasteiger partial charge in [0.2, 0.25) is 0 Å². The predicted molar refractivity (Wildman–Crippen MR) is 52.3 cm³/mol. The molecule has 0 aromatic rings. The second-order valence-corrected chi connectivity index (χ2v) is 4.62. The van der Waals surface area contributed by atoms with Crippen LogP contribution in [0, 0.1) is 0 Å². The zero-order chi connectivity index (χ0) is 11.7. The van der Waals surface area contributed by atoms with Crippen LogP contribution < -0.4 is 29.6 Å². The molecule has 0 radical (unpaired) electrons. The first-order valence-corrected chi connectivity index (χ1v) is 6.20. The third kappa shape index (κ3) is 11.3. The fourth-order valence-electron chi connectivity index (χ4n) is 0.774. The van der Waals surface area contributed by atoms with Crippen LogP contribution in [-0.2, 0) is 19.6 Å². The molecule has 0 aliphatic carbocycles. The molecule has 0 saturated heterocycles. The summed E-state index contributed by atoms with van der Waals surface area (Å²) in [6, 6.07) is 0. The summed E-state index contributed by atoms with van der Waals surface area (Å²) in [6.07, 6.45) is 1.41. The number of aliphatic hydroxyl groups is 1. The Balaban J connectivity index is 0. The molecule has 1 unspecified atom stereocenters. The molecule has 92 valence electrons. The number of rotatable bonds is 9. The molecule has 0 amide bonds. The average molecular weight is 264 g/mol. The molecule has 0 aliphatic heterocycles. The maximum Gasteiger partial charge on any atom is 1.00 e. The van der Waals surface area contributed by atoms with Crippen molar-refractivity contribution < 1.29 is 57.1 Å². The monoisotopic (exact) mass is 264 g/mol. The Hall–Kier alpha value is 0.790. The third-order valence-corrected chi connectivity index (χ3v) is 2.63. The zero-order valence-corrected chi connectivity index (χ0v) is 12.5. The fraction of sp³-hybridized carbons (Fsp3) is 1.00. The smallest absolute Gasteiger partial charge is 0.746 e. The summed E-state index contributed by atoms with van der Waals surface area (Å²) in [7, 11) is -4.37. The van der Waals surface area contributed by atoms with Crippen molar-refractivity contribution in [3.63, 3.8) is 0 Å². The Bertz CT molecular complexity index is 243. The molecular weight excluding hydrogens is 247 g/mol. The van der Waals surface area contributed by atoms with E-state index >= 15 is 0 Å². The van der Waals surface area contributed by atoms with Gasteiger partial charge < -0.3 is 19.1 Å². The topological polar surface area (TPSA) is 95.9 Å². The van der Waals surface area contributed by atoms with E-state index in [-0.39, 0.29) is 49.4 Å². The summed E-state index contributed by atoms with van der Waals surface area (Å²) in [6.45, 7) is 2.12. The maximum absolute atomic E-state index is 10.4. The molecule has 6 nitrogen and oxygen atoms in total. The number of hydrogen-bond donors (Lipinski definition) is 1. The van der Waals surface area contributed by atoms with Crippen molar-refractivity contribution in [1.82, 2.24) is 0 Å². The summed E-state index contributed by atoms with van der Waals surface area (Å²) >= 11 is 0. The Labute approximate surface area is 118 Å². The first-order valence-electron chi connectivity index (χ1n) is 4.73. The first-order chi connectivity index (χ1) is 6.98. The summed E-state index contributed by atoms with van der Waals surface area (Å²) < 4.78 is 41.0. The third-order valence-electron chi connectivity index (χ3n) is 1.68. The van der Waals surface area contributed by atoms with Gasteiger partial charge in [0.25, 0.3) is 0 Å². The Morgan fingerprint density at radius 2 is 1.88 bits per heavy atom. The van der Waals surface area contributed by atoms with Gasteiger partial charge in [0.05, 0.1) is 13.2 Å². The number of unbranched alkanes of at least 4 members (excludes halogenated alkanes) is 1. The van der Waals surface area contributed by atoms with E-state index in [0.29, 0.717) is 13.0 Å². The van der Waals surface area contributed by atoms with Crippen LogP contribution >= 0.6 is 0 Å². The largest absolute Gasteiger partial charge is 1.00 e. The van der Waals surface area contributed by atoms with Crippen molar-refractivity contribution in [2.24, 2.45) is 0 Å². The quantitative estimate of drug-likeness (QED) is 0.266. The molecule has 0 spiro atoms. The van der Waals surface area contributed by atoms with E-state index in [9.17, 15) is 13.0 Å². The minimum absolute atomic E-state index is 0. The van der Waals surface area contributed by atoms with Gasteiger partial charge in [-0.25, -0.2) is 8.42 Å². The normalized spacial score (nSPS) is 13.2. The van der Waals surface area contributed by atoms with Crippen LogP contribution in [0.3, 0.4) is 0 Å². The minimum Gasteiger partial charge on any atom is -0.746 e.